The van der Waals surface area contributed by atoms with Crippen LogP contribution in [0.2, 0.25) is 0 Å². The molecule has 0 heterocycles. The third kappa shape index (κ3) is 6.66. The molecule has 0 saturated heterocycles. The maximum atomic E-state index is 14.8. The smallest absolute Gasteiger partial charge is 0.298 e. The van der Waals surface area contributed by atoms with E-state index in [4.69, 9.17) is 9.47 Å². The SMILES string of the molecule is C=C(C)c1c(F)c(OCCOC2=CCC(C(CC(C)C)C(C)C)C=C2)c(F)c(F)c1S(=O)(=O)O. The number of hydrogen-bond acceptors (Lipinski definition) is 4. The molecular weight excluding hydrogens is 469 g/mol. The van der Waals surface area contributed by atoms with Gasteiger partial charge in [0, 0.05) is 5.56 Å². The summed E-state index contributed by atoms with van der Waals surface area (Å²) in [5.41, 5.74) is -1.10. The van der Waals surface area contributed by atoms with E-state index in [0.717, 1.165) is 12.8 Å². The molecule has 2 unspecified atom stereocenters. The largest absolute Gasteiger partial charge is 0.490 e. The molecular formula is C25H33F3O5S. The predicted molar refractivity (Wildman–Crippen MR) is 125 cm³/mol. The Balaban J connectivity index is 2.06. The van der Waals surface area contributed by atoms with Gasteiger partial charge in [0.05, 0.1) is 0 Å². The number of rotatable bonds is 11. The van der Waals surface area contributed by atoms with Gasteiger partial charge in [0.15, 0.2) is 17.4 Å². The van der Waals surface area contributed by atoms with E-state index in [2.05, 4.69) is 40.3 Å². The van der Waals surface area contributed by atoms with E-state index in [0.29, 0.717) is 29.4 Å². The summed E-state index contributed by atoms with van der Waals surface area (Å²) in [4.78, 5) is -1.51. The van der Waals surface area contributed by atoms with E-state index < -0.39 is 43.8 Å². The van der Waals surface area contributed by atoms with Gasteiger partial charge in [-0.05, 0) is 61.2 Å². The summed E-state index contributed by atoms with van der Waals surface area (Å²) in [6.07, 6.45) is 7.88. The van der Waals surface area contributed by atoms with Crippen molar-refractivity contribution in [3.63, 3.8) is 0 Å². The number of benzene rings is 1. The van der Waals surface area contributed by atoms with E-state index >= 15 is 0 Å². The number of halogens is 3. The third-order valence-electron chi connectivity index (χ3n) is 5.77. The summed E-state index contributed by atoms with van der Waals surface area (Å²) >= 11 is 0. The van der Waals surface area contributed by atoms with Crippen LogP contribution in [0, 0.1) is 41.1 Å². The zero-order valence-corrected chi connectivity index (χ0v) is 21.0. The second-order valence-corrected chi connectivity index (χ2v) is 10.7. The molecule has 0 bridgehead atoms. The molecule has 34 heavy (non-hydrogen) atoms. The number of hydrogen-bond donors (Lipinski definition) is 1. The molecule has 0 spiro atoms. The molecule has 0 saturated carbocycles. The molecule has 2 atom stereocenters. The van der Waals surface area contributed by atoms with Crippen LogP contribution in [0.3, 0.4) is 0 Å². The van der Waals surface area contributed by atoms with Crippen molar-refractivity contribution < 1.29 is 35.6 Å². The summed E-state index contributed by atoms with van der Waals surface area (Å²) in [5.74, 6) is -3.68. The highest BCUT2D eigenvalue weighted by atomic mass is 32.2. The van der Waals surface area contributed by atoms with E-state index in [1.807, 2.05) is 12.2 Å². The fraction of sp³-hybridized carbons (Fsp3) is 0.520. The molecule has 1 aromatic rings. The molecule has 0 fully saturated rings. The second-order valence-electron chi connectivity index (χ2n) is 9.33. The van der Waals surface area contributed by atoms with E-state index in [1.54, 1.807) is 0 Å². The lowest BCUT2D eigenvalue weighted by Crippen LogP contribution is -2.22. The molecule has 0 aliphatic heterocycles. The molecule has 1 aromatic carbocycles. The first-order chi connectivity index (χ1) is 15.8. The van der Waals surface area contributed by atoms with Gasteiger partial charge in [-0.15, -0.1) is 0 Å². The Kier molecular flexibility index (Phi) is 9.42. The first-order valence-corrected chi connectivity index (χ1v) is 12.7. The second kappa shape index (κ2) is 11.4. The Hall–Kier alpha value is -2.26. The molecule has 0 amide bonds. The van der Waals surface area contributed by atoms with Gasteiger partial charge in [-0.25, -0.2) is 8.78 Å². The van der Waals surface area contributed by atoms with Crippen LogP contribution >= 0.6 is 0 Å². The summed E-state index contributed by atoms with van der Waals surface area (Å²) in [5, 5.41) is 0. The average molecular weight is 503 g/mol. The van der Waals surface area contributed by atoms with Gasteiger partial charge in [0.25, 0.3) is 10.1 Å². The normalized spacial score (nSPS) is 17.1. The van der Waals surface area contributed by atoms with Crippen molar-refractivity contribution in [3.8, 4) is 5.75 Å². The van der Waals surface area contributed by atoms with E-state index in [1.165, 1.54) is 6.92 Å². The minimum Gasteiger partial charge on any atom is -0.490 e. The van der Waals surface area contributed by atoms with Gasteiger partial charge in [-0.2, -0.15) is 12.8 Å². The van der Waals surface area contributed by atoms with Crippen LogP contribution in [0.1, 0.15) is 53.0 Å². The maximum absolute atomic E-state index is 14.8. The van der Waals surface area contributed by atoms with Crippen LogP contribution in [0.25, 0.3) is 5.57 Å². The Morgan fingerprint density at radius 2 is 1.74 bits per heavy atom. The number of ether oxygens (including phenoxy) is 2. The van der Waals surface area contributed by atoms with E-state index in [9.17, 15) is 26.1 Å². The zero-order chi connectivity index (χ0) is 25.8. The van der Waals surface area contributed by atoms with Crippen LogP contribution in [0.5, 0.6) is 5.75 Å². The quantitative estimate of drug-likeness (QED) is 0.211. The topological polar surface area (TPSA) is 72.8 Å². The van der Waals surface area contributed by atoms with Crippen LogP contribution in [-0.4, -0.2) is 26.2 Å². The highest BCUT2D eigenvalue weighted by Gasteiger charge is 2.33. The molecule has 1 aliphatic rings. The van der Waals surface area contributed by atoms with Gasteiger partial charge >= 0.3 is 0 Å². The maximum Gasteiger partial charge on any atom is 0.298 e. The minimum absolute atomic E-state index is 0.0800. The monoisotopic (exact) mass is 502 g/mol. The first kappa shape index (κ1) is 28.0. The highest BCUT2D eigenvalue weighted by molar-refractivity contribution is 7.86. The van der Waals surface area contributed by atoms with Crippen LogP contribution in [-0.2, 0) is 14.9 Å². The predicted octanol–water partition coefficient (Wildman–Crippen LogP) is 6.56. The fourth-order valence-electron chi connectivity index (χ4n) is 4.20. The third-order valence-corrected chi connectivity index (χ3v) is 6.67. The van der Waals surface area contributed by atoms with Crippen molar-refractivity contribution in [2.24, 2.45) is 23.7 Å². The minimum atomic E-state index is -5.24. The molecule has 0 aromatic heterocycles. The first-order valence-electron chi connectivity index (χ1n) is 11.2. The Morgan fingerprint density at radius 3 is 2.21 bits per heavy atom. The lowest BCUT2D eigenvalue weighted by molar-refractivity contribution is 0.152. The van der Waals surface area contributed by atoms with Gasteiger partial charge in [0.1, 0.15) is 23.9 Å². The van der Waals surface area contributed by atoms with Crippen LogP contribution in [0.4, 0.5) is 13.2 Å². The van der Waals surface area contributed by atoms with Crippen molar-refractivity contribution in [3.05, 3.63) is 53.6 Å². The lowest BCUT2D eigenvalue weighted by Gasteiger charge is -2.30. The van der Waals surface area contributed by atoms with Crippen molar-refractivity contribution >= 4 is 15.7 Å². The Bertz CT molecular complexity index is 1070. The van der Waals surface area contributed by atoms with Gasteiger partial charge in [-0.1, -0.05) is 40.3 Å². The van der Waals surface area contributed by atoms with Crippen molar-refractivity contribution in [1.82, 2.24) is 0 Å². The van der Waals surface area contributed by atoms with Crippen LogP contribution in [0.15, 0.2) is 35.5 Å². The molecule has 1 aliphatic carbocycles. The Morgan fingerprint density at radius 1 is 1.12 bits per heavy atom. The van der Waals surface area contributed by atoms with Crippen molar-refractivity contribution in [1.29, 1.82) is 0 Å². The lowest BCUT2D eigenvalue weighted by atomic mass is 9.75. The fourth-order valence-corrected chi connectivity index (χ4v) is 5.04. The van der Waals surface area contributed by atoms with Gasteiger partial charge in [0.2, 0.25) is 5.82 Å². The highest BCUT2D eigenvalue weighted by Crippen LogP contribution is 2.37. The molecule has 2 rings (SSSR count). The van der Waals surface area contributed by atoms with Crippen LogP contribution < -0.4 is 4.74 Å². The molecule has 0 radical (unpaired) electrons. The standard InChI is InChI=1S/C25H33F3O5S/c1-14(2)13-19(15(3)4)17-7-9-18(10-8-17)32-11-12-33-24-21(26)20(16(5)6)25(34(29,30)31)23(28)22(24)27/h7,9-10,14-15,17,19H,5,8,11-13H2,1-4,6H3,(H,29,30,31). The summed E-state index contributed by atoms with van der Waals surface area (Å²) in [7, 11) is -5.24. The van der Waals surface area contributed by atoms with Crippen molar-refractivity contribution in [2.45, 2.75) is 52.4 Å². The number of allylic oxidation sites excluding steroid dienone is 4. The van der Waals surface area contributed by atoms with Crippen molar-refractivity contribution in [2.75, 3.05) is 13.2 Å². The zero-order valence-electron chi connectivity index (χ0n) is 20.2. The molecule has 9 heteroatoms. The van der Waals surface area contributed by atoms with E-state index in [-0.39, 0.29) is 18.8 Å². The Labute approximate surface area is 200 Å². The van der Waals surface area contributed by atoms with Gasteiger partial charge < -0.3 is 9.47 Å². The average Bonchev–Trinajstić information content (AvgIpc) is 2.72. The summed E-state index contributed by atoms with van der Waals surface area (Å²) in [6.45, 7) is 13.0. The summed E-state index contributed by atoms with van der Waals surface area (Å²) < 4.78 is 86.2. The molecule has 5 nitrogen and oxygen atoms in total. The van der Waals surface area contributed by atoms with Gasteiger partial charge in [-0.3, -0.25) is 4.55 Å². The molecule has 1 N–H and O–H groups in total. The molecule has 190 valence electrons. The summed E-state index contributed by atoms with van der Waals surface area (Å²) in [6, 6.07) is 0.